The number of anilines is 2. The Kier molecular flexibility index (Phi) is 4.33. The van der Waals surface area contributed by atoms with Gasteiger partial charge >= 0.3 is 0 Å². The van der Waals surface area contributed by atoms with Crippen molar-refractivity contribution in [2.24, 2.45) is 5.73 Å². The Morgan fingerprint density at radius 2 is 1.91 bits per heavy atom. The van der Waals surface area contributed by atoms with E-state index in [1.54, 1.807) is 24.3 Å². The second-order valence-corrected chi connectivity index (χ2v) is 8.48. The standard InChI is InChI=1S/C16H23N3O3S/c17-16(8-2-1-3-9-16)15(20)18-13-6-4-7-14(12-13)19-10-5-11-23(19,21)22/h4,6-7,12H,1-3,5,8-11,17H2,(H,18,20). The van der Waals surface area contributed by atoms with Crippen LogP contribution in [0.25, 0.3) is 0 Å². The van der Waals surface area contributed by atoms with Gasteiger partial charge in [0.05, 0.1) is 17.0 Å². The molecule has 2 fully saturated rings. The van der Waals surface area contributed by atoms with Crippen molar-refractivity contribution in [3.63, 3.8) is 0 Å². The quantitative estimate of drug-likeness (QED) is 0.880. The van der Waals surface area contributed by atoms with Crippen LogP contribution in [-0.2, 0) is 14.8 Å². The molecule has 6 nitrogen and oxygen atoms in total. The van der Waals surface area contributed by atoms with Gasteiger partial charge in [-0.15, -0.1) is 0 Å². The Morgan fingerprint density at radius 3 is 2.57 bits per heavy atom. The number of carbonyl (C=O) groups excluding carboxylic acids is 1. The Balaban J connectivity index is 1.76. The smallest absolute Gasteiger partial charge is 0.244 e. The van der Waals surface area contributed by atoms with Crippen molar-refractivity contribution in [3.05, 3.63) is 24.3 Å². The predicted molar refractivity (Wildman–Crippen MR) is 90.8 cm³/mol. The molecule has 1 heterocycles. The van der Waals surface area contributed by atoms with E-state index in [4.69, 9.17) is 5.73 Å². The zero-order valence-corrected chi connectivity index (χ0v) is 13.9. The first-order chi connectivity index (χ1) is 10.9. The van der Waals surface area contributed by atoms with Gasteiger partial charge in [-0.25, -0.2) is 8.42 Å². The summed E-state index contributed by atoms with van der Waals surface area (Å²) in [5.74, 6) is -0.00574. The number of sulfonamides is 1. The van der Waals surface area contributed by atoms with Gasteiger partial charge in [-0.2, -0.15) is 0 Å². The van der Waals surface area contributed by atoms with Crippen LogP contribution < -0.4 is 15.4 Å². The van der Waals surface area contributed by atoms with Crippen LogP contribution in [0.2, 0.25) is 0 Å². The molecule has 2 aliphatic rings. The van der Waals surface area contributed by atoms with Gasteiger partial charge in [0.2, 0.25) is 15.9 Å². The maximum absolute atomic E-state index is 12.5. The van der Waals surface area contributed by atoms with Crippen LogP contribution in [0.1, 0.15) is 38.5 Å². The number of hydrogen-bond donors (Lipinski definition) is 2. The van der Waals surface area contributed by atoms with E-state index in [1.807, 2.05) is 0 Å². The first-order valence-corrected chi connectivity index (χ1v) is 9.72. The molecule has 1 aliphatic heterocycles. The lowest BCUT2D eigenvalue weighted by atomic mass is 9.82. The molecule has 3 N–H and O–H groups in total. The summed E-state index contributed by atoms with van der Waals surface area (Å²) in [5.41, 5.74) is 6.60. The average Bonchev–Trinajstić information content (AvgIpc) is 2.87. The van der Waals surface area contributed by atoms with Crippen LogP contribution in [0.3, 0.4) is 0 Å². The minimum atomic E-state index is -3.22. The monoisotopic (exact) mass is 337 g/mol. The van der Waals surface area contributed by atoms with E-state index in [1.165, 1.54) is 4.31 Å². The summed E-state index contributed by atoms with van der Waals surface area (Å²) in [5, 5.41) is 2.86. The Bertz CT molecular complexity index is 696. The SMILES string of the molecule is NC1(C(=O)Nc2cccc(N3CCCS3(=O)=O)c2)CCCCC1. The molecule has 0 atom stereocenters. The van der Waals surface area contributed by atoms with Gasteiger partial charge in [0, 0.05) is 12.2 Å². The second-order valence-electron chi connectivity index (χ2n) is 6.46. The predicted octanol–water partition coefficient (Wildman–Crippen LogP) is 1.83. The maximum Gasteiger partial charge on any atom is 0.244 e. The van der Waals surface area contributed by atoms with Crippen molar-refractivity contribution in [3.8, 4) is 0 Å². The van der Waals surface area contributed by atoms with Crippen LogP contribution in [0.4, 0.5) is 11.4 Å². The number of amides is 1. The Morgan fingerprint density at radius 1 is 1.17 bits per heavy atom. The van der Waals surface area contributed by atoms with Crippen LogP contribution in [0.15, 0.2) is 24.3 Å². The van der Waals surface area contributed by atoms with E-state index in [0.717, 1.165) is 19.3 Å². The molecule has 1 saturated heterocycles. The van der Waals surface area contributed by atoms with Gasteiger partial charge in [-0.05, 0) is 37.5 Å². The first kappa shape index (κ1) is 16.3. The molecule has 0 spiro atoms. The normalized spacial score (nSPS) is 22.7. The van der Waals surface area contributed by atoms with Crippen molar-refractivity contribution in [2.45, 2.75) is 44.1 Å². The Hall–Kier alpha value is -1.60. The highest BCUT2D eigenvalue weighted by Gasteiger charge is 2.35. The van der Waals surface area contributed by atoms with Crippen LogP contribution in [0, 0.1) is 0 Å². The third kappa shape index (κ3) is 3.35. The molecule has 0 unspecified atom stereocenters. The summed E-state index contributed by atoms with van der Waals surface area (Å²) in [7, 11) is -3.22. The zero-order valence-electron chi connectivity index (χ0n) is 13.1. The second kappa shape index (κ2) is 6.13. The topological polar surface area (TPSA) is 92.5 Å². The molecular formula is C16H23N3O3S. The largest absolute Gasteiger partial charge is 0.324 e. The molecule has 7 heteroatoms. The van der Waals surface area contributed by atoms with Crippen molar-refractivity contribution in [1.82, 2.24) is 0 Å². The number of nitrogens with two attached hydrogens (primary N) is 1. The first-order valence-electron chi connectivity index (χ1n) is 8.12. The zero-order chi connectivity index (χ0) is 16.5. The highest BCUT2D eigenvalue weighted by atomic mass is 32.2. The van der Waals surface area contributed by atoms with Gasteiger partial charge in [0.25, 0.3) is 0 Å². The number of nitrogens with one attached hydrogen (secondary N) is 1. The molecule has 0 radical (unpaired) electrons. The Labute approximate surface area is 137 Å². The number of rotatable bonds is 3. The number of nitrogens with zero attached hydrogens (tertiary/aromatic N) is 1. The van der Waals surface area contributed by atoms with E-state index in [2.05, 4.69) is 5.32 Å². The third-order valence-corrected chi connectivity index (χ3v) is 6.56. The van der Waals surface area contributed by atoms with Crippen molar-refractivity contribution < 1.29 is 13.2 Å². The van der Waals surface area contributed by atoms with Crippen molar-refractivity contribution in [1.29, 1.82) is 0 Å². The van der Waals surface area contributed by atoms with Crippen LogP contribution >= 0.6 is 0 Å². The van der Waals surface area contributed by atoms with Gasteiger partial charge in [-0.1, -0.05) is 25.3 Å². The average molecular weight is 337 g/mol. The fraction of sp³-hybridized carbons (Fsp3) is 0.562. The van der Waals surface area contributed by atoms with Crippen molar-refractivity contribution >= 4 is 27.3 Å². The maximum atomic E-state index is 12.5. The fourth-order valence-corrected chi connectivity index (χ4v) is 4.89. The van der Waals surface area contributed by atoms with E-state index >= 15 is 0 Å². The lowest BCUT2D eigenvalue weighted by Gasteiger charge is -2.31. The lowest BCUT2D eigenvalue weighted by Crippen LogP contribution is -2.52. The van der Waals surface area contributed by atoms with Crippen molar-refractivity contribution in [2.75, 3.05) is 21.9 Å². The molecule has 1 aliphatic carbocycles. The van der Waals surface area contributed by atoms with Gasteiger partial charge in [0.1, 0.15) is 0 Å². The molecule has 0 bridgehead atoms. The summed E-state index contributed by atoms with van der Waals surface area (Å²) >= 11 is 0. The fourth-order valence-electron chi connectivity index (χ4n) is 3.33. The van der Waals surface area contributed by atoms with Crippen LogP contribution in [0.5, 0.6) is 0 Å². The highest BCUT2D eigenvalue weighted by molar-refractivity contribution is 7.93. The number of hydrogen-bond acceptors (Lipinski definition) is 4. The highest BCUT2D eigenvalue weighted by Crippen LogP contribution is 2.29. The molecule has 1 amide bonds. The minimum absolute atomic E-state index is 0.176. The molecule has 126 valence electrons. The van der Waals surface area contributed by atoms with Gasteiger partial charge in [0.15, 0.2) is 0 Å². The summed E-state index contributed by atoms with van der Waals surface area (Å²) in [6, 6.07) is 6.96. The van der Waals surface area contributed by atoms with Crippen LogP contribution in [-0.4, -0.2) is 32.2 Å². The number of benzene rings is 1. The van der Waals surface area contributed by atoms with Gasteiger partial charge < -0.3 is 11.1 Å². The third-order valence-electron chi connectivity index (χ3n) is 4.69. The summed E-state index contributed by atoms with van der Waals surface area (Å²) in [6.07, 6.45) is 5.07. The summed E-state index contributed by atoms with van der Waals surface area (Å²) in [6.45, 7) is 0.487. The molecule has 3 rings (SSSR count). The molecular weight excluding hydrogens is 314 g/mol. The summed E-state index contributed by atoms with van der Waals surface area (Å²) in [4.78, 5) is 12.5. The molecule has 1 aromatic carbocycles. The molecule has 1 saturated carbocycles. The van der Waals surface area contributed by atoms with E-state index in [0.29, 0.717) is 37.2 Å². The summed E-state index contributed by atoms with van der Waals surface area (Å²) < 4.78 is 25.4. The minimum Gasteiger partial charge on any atom is -0.324 e. The van der Waals surface area contributed by atoms with Gasteiger partial charge in [-0.3, -0.25) is 9.10 Å². The van der Waals surface area contributed by atoms with E-state index in [-0.39, 0.29) is 11.7 Å². The molecule has 0 aromatic heterocycles. The van der Waals surface area contributed by atoms with E-state index in [9.17, 15) is 13.2 Å². The molecule has 23 heavy (non-hydrogen) atoms. The lowest BCUT2D eigenvalue weighted by molar-refractivity contribution is -0.122. The number of carbonyl (C=O) groups is 1. The van der Waals surface area contributed by atoms with E-state index < -0.39 is 15.6 Å². The molecule has 1 aromatic rings.